The summed E-state index contributed by atoms with van der Waals surface area (Å²) in [6, 6.07) is 13.0. The zero-order valence-corrected chi connectivity index (χ0v) is 18.9. The Morgan fingerprint density at radius 2 is 1.32 bits per heavy atom. The van der Waals surface area contributed by atoms with Gasteiger partial charge in [0, 0.05) is 11.1 Å². The quantitative estimate of drug-likeness (QED) is 0.619. The van der Waals surface area contributed by atoms with Gasteiger partial charge in [0.1, 0.15) is 11.8 Å². The Hall–Kier alpha value is -3.35. The lowest BCUT2D eigenvalue weighted by Gasteiger charge is -2.22. The minimum absolute atomic E-state index is 0.0181. The van der Waals surface area contributed by atoms with Gasteiger partial charge in [0.15, 0.2) is 0 Å². The molecule has 2 rings (SSSR count). The monoisotopic (exact) mass is 425 g/mol. The van der Waals surface area contributed by atoms with E-state index in [1.807, 2.05) is 26.0 Å². The van der Waals surface area contributed by atoms with E-state index in [0.29, 0.717) is 16.9 Å². The van der Waals surface area contributed by atoms with Crippen molar-refractivity contribution in [3.8, 4) is 5.75 Å². The first-order chi connectivity index (χ1) is 14.5. The number of nitrogens with one attached hydrogen (secondary N) is 3. The van der Waals surface area contributed by atoms with Crippen LogP contribution < -0.4 is 20.9 Å². The van der Waals surface area contributed by atoms with Crippen LogP contribution in [0, 0.1) is 5.92 Å². The van der Waals surface area contributed by atoms with Crippen LogP contribution in [0.5, 0.6) is 5.75 Å². The summed E-state index contributed by atoms with van der Waals surface area (Å²) < 4.78 is 5.08. The molecule has 0 unspecified atom stereocenters. The Morgan fingerprint density at radius 3 is 1.81 bits per heavy atom. The zero-order valence-electron chi connectivity index (χ0n) is 18.9. The van der Waals surface area contributed by atoms with Crippen molar-refractivity contribution in [2.45, 2.75) is 46.1 Å². The molecule has 0 fully saturated rings. The Morgan fingerprint density at radius 1 is 0.806 bits per heavy atom. The Kier molecular flexibility index (Phi) is 7.80. The van der Waals surface area contributed by atoms with Gasteiger partial charge in [-0.1, -0.05) is 46.8 Å². The van der Waals surface area contributed by atoms with Crippen LogP contribution in [0.3, 0.4) is 0 Å². The van der Waals surface area contributed by atoms with Crippen molar-refractivity contribution in [1.29, 1.82) is 0 Å². The molecule has 0 saturated heterocycles. The molecule has 3 N–H and O–H groups in total. The van der Waals surface area contributed by atoms with Crippen LogP contribution >= 0.6 is 0 Å². The second-order valence-electron chi connectivity index (χ2n) is 8.69. The normalized spacial score (nSPS) is 12.1. The molecule has 0 radical (unpaired) electrons. The third kappa shape index (κ3) is 6.57. The van der Waals surface area contributed by atoms with Gasteiger partial charge < -0.3 is 10.1 Å². The maximum atomic E-state index is 12.6. The van der Waals surface area contributed by atoms with Crippen LogP contribution in [0.15, 0.2) is 48.5 Å². The molecule has 1 atom stereocenters. The van der Waals surface area contributed by atoms with Crippen molar-refractivity contribution in [3.63, 3.8) is 0 Å². The lowest BCUT2D eigenvalue weighted by atomic mass is 9.87. The van der Waals surface area contributed by atoms with Crippen LogP contribution in [-0.2, 0) is 10.2 Å². The molecule has 0 aliphatic rings. The van der Waals surface area contributed by atoms with Gasteiger partial charge in [-0.05, 0) is 53.3 Å². The van der Waals surface area contributed by atoms with Crippen LogP contribution in [0.25, 0.3) is 0 Å². The number of benzene rings is 2. The van der Waals surface area contributed by atoms with Crippen molar-refractivity contribution in [3.05, 3.63) is 65.2 Å². The molecule has 0 aliphatic heterocycles. The van der Waals surface area contributed by atoms with Crippen LogP contribution in [0.2, 0.25) is 0 Å². The van der Waals surface area contributed by atoms with Crippen molar-refractivity contribution in [2.24, 2.45) is 5.92 Å². The fraction of sp³-hybridized carbons (Fsp3) is 0.375. The largest absolute Gasteiger partial charge is 0.497 e. The average Bonchev–Trinajstić information content (AvgIpc) is 2.74. The van der Waals surface area contributed by atoms with Crippen LogP contribution in [0.4, 0.5) is 0 Å². The van der Waals surface area contributed by atoms with Gasteiger partial charge in [0.25, 0.3) is 17.7 Å². The average molecular weight is 426 g/mol. The van der Waals surface area contributed by atoms with Crippen molar-refractivity contribution in [2.75, 3.05) is 7.11 Å². The lowest BCUT2D eigenvalue weighted by Crippen LogP contribution is -2.54. The maximum Gasteiger partial charge on any atom is 0.269 e. The SMILES string of the molecule is COc1ccc(C(=O)N[C@H](C(=O)NNC(=O)c2ccc(C(C)(C)C)cc2)C(C)C)cc1. The first-order valence-corrected chi connectivity index (χ1v) is 10.2. The number of hydrazine groups is 1. The Labute approximate surface area is 183 Å². The molecule has 166 valence electrons. The van der Waals surface area contributed by atoms with Crippen molar-refractivity contribution >= 4 is 17.7 Å². The summed E-state index contributed by atoms with van der Waals surface area (Å²) >= 11 is 0. The molecule has 0 saturated carbocycles. The molecule has 0 bridgehead atoms. The molecular weight excluding hydrogens is 394 g/mol. The fourth-order valence-corrected chi connectivity index (χ4v) is 2.89. The van der Waals surface area contributed by atoms with E-state index in [0.717, 1.165) is 5.56 Å². The predicted molar refractivity (Wildman–Crippen MR) is 120 cm³/mol. The summed E-state index contributed by atoms with van der Waals surface area (Å²) in [6.45, 7) is 9.90. The highest BCUT2D eigenvalue weighted by atomic mass is 16.5. The Balaban J connectivity index is 1.98. The minimum atomic E-state index is -0.821. The Bertz CT molecular complexity index is 913. The summed E-state index contributed by atoms with van der Waals surface area (Å²) in [6.07, 6.45) is 0. The molecule has 7 nitrogen and oxygen atoms in total. The number of amides is 3. The first-order valence-electron chi connectivity index (χ1n) is 10.2. The molecule has 3 amide bonds. The van der Waals surface area contributed by atoms with E-state index in [1.165, 1.54) is 0 Å². The number of ether oxygens (including phenoxy) is 1. The molecule has 0 aliphatic carbocycles. The van der Waals surface area contributed by atoms with Crippen molar-refractivity contribution in [1.82, 2.24) is 16.2 Å². The summed E-state index contributed by atoms with van der Waals surface area (Å²) in [5.41, 5.74) is 6.74. The maximum absolute atomic E-state index is 12.6. The van der Waals surface area contributed by atoms with E-state index in [9.17, 15) is 14.4 Å². The number of carbonyl (C=O) groups is 3. The van der Waals surface area contributed by atoms with E-state index in [2.05, 4.69) is 36.9 Å². The molecule has 0 aromatic heterocycles. The third-order valence-electron chi connectivity index (χ3n) is 4.90. The van der Waals surface area contributed by atoms with E-state index in [4.69, 9.17) is 4.74 Å². The van der Waals surface area contributed by atoms with Gasteiger partial charge in [-0.3, -0.25) is 25.2 Å². The summed E-state index contributed by atoms with van der Waals surface area (Å²) in [5, 5.41) is 2.71. The highest BCUT2D eigenvalue weighted by molar-refractivity contribution is 5.99. The van der Waals surface area contributed by atoms with Gasteiger partial charge in [-0.2, -0.15) is 0 Å². The fourth-order valence-electron chi connectivity index (χ4n) is 2.89. The molecule has 0 heterocycles. The van der Waals surface area contributed by atoms with E-state index in [-0.39, 0.29) is 17.2 Å². The molecule has 2 aromatic rings. The van der Waals surface area contributed by atoms with Gasteiger partial charge in [-0.25, -0.2) is 0 Å². The van der Waals surface area contributed by atoms with Gasteiger partial charge in [0.2, 0.25) is 0 Å². The first kappa shape index (κ1) is 23.9. The molecule has 31 heavy (non-hydrogen) atoms. The number of methoxy groups -OCH3 is 1. The molecular formula is C24H31N3O4. The minimum Gasteiger partial charge on any atom is -0.497 e. The summed E-state index contributed by atoms with van der Waals surface area (Å²) in [7, 11) is 1.54. The standard InChI is InChI=1S/C24H31N3O4/c1-15(2)20(25-21(28)16-9-13-19(31-6)14-10-16)23(30)27-26-22(29)17-7-11-18(12-8-17)24(3,4)5/h7-15,20H,1-6H3,(H,25,28)(H,26,29)(H,27,30)/t20-/m0/s1. The molecule has 2 aromatic carbocycles. The smallest absolute Gasteiger partial charge is 0.269 e. The summed E-state index contributed by atoms with van der Waals surface area (Å²) in [4.78, 5) is 37.5. The van der Waals surface area contributed by atoms with Gasteiger partial charge >= 0.3 is 0 Å². The second-order valence-corrected chi connectivity index (χ2v) is 8.69. The van der Waals surface area contributed by atoms with E-state index >= 15 is 0 Å². The molecule has 0 spiro atoms. The van der Waals surface area contributed by atoms with E-state index < -0.39 is 17.9 Å². The zero-order chi connectivity index (χ0) is 23.2. The van der Waals surface area contributed by atoms with E-state index in [1.54, 1.807) is 43.5 Å². The number of hydrogen-bond acceptors (Lipinski definition) is 4. The highest BCUT2D eigenvalue weighted by Gasteiger charge is 2.25. The predicted octanol–water partition coefficient (Wildman–Crippen LogP) is 3.21. The number of carbonyl (C=O) groups excluding carboxylic acids is 3. The topological polar surface area (TPSA) is 96.5 Å². The van der Waals surface area contributed by atoms with Crippen LogP contribution in [-0.4, -0.2) is 30.9 Å². The van der Waals surface area contributed by atoms with Crippen LogP contribution in [0.1, 0.15) is 60.9 Å². The number of rotatable bonds is 6. The van der Waals surface area contributed by atoms with Crippen molar-refractivity contribution < 1.29 is 19.1 Å². The lowest BCUT2D eigenvalue weighted by molar-refractivity contribution is -0.124. The third-order valence-corrected chi connectivity index (χ3v) is 4.90. The highest BCUT2D eigenvalue weighted by Crippen LogP contribution is 2.22. The number of hydrogen-bond donors (Lipinski definition) is 3. The second kappa shape index (κ2) is 10.1. The molecule has 7 heteroatoms. The van der Waals surface area contributed by atoms with Gasteiger partial charge in [-0.15, -0.1) is 0 Å². The summed E-state index contributed by atoms with van der Waals surface area (Å²) in [5.74, 6) is -0.881. The van der Waals surface area contributed by atoms with Gasteiger partial charge in [0.05, 0.1) is 7.11 Å².